The predicted molar refractivity (Wildman–Crippen MR) is 377 cm³/mol. The Morgan fingerprint density at radius 3 is 2.06 bits per heavy atom. The minimum absolute atomic E-state index is 0.0602. The zero-order valence-electron chi connectivity index (χ0n) is 57.4. The highest BCUT2D eigenvalue weighted by Crippen LogP contribution is 2.52. The minimum Gasteiger partial charge on any atom is -0.497 e. The Hall–Kier alpha value is -10.4. The van der Waals surface area contributed by atoms with E-state index in [1.54, 1.807) is 50.0 Å². The van der Waals surface area contributed by atoms with Crippen molar-refractivity contribution in [3.05, 3.63) is 236 Å². The number of nitrogens with two attached hydrogens (primary N) is 1. The van der Waals surface area contributed by atoms with Gasteiger partial charge < -0.3 is 54.3 Å². The third-order valence-electron chi connectivity index (χ3n) is 17.7. The van der Waals surface area contributed by atoms with Gasteiger partial charge in [0.25, 0.3) is 11.5 Å². The number of benzene rings is 6. The van der Waals surface area contributed by atoms with E-state index in [1.165, 1.54) is 32.7 Å². The van der Waals surface area contributed by atoms with Crippen molar-refractivity contribution >= 4 is 54.3 Å². The van der Waals surface area contributed by atoms with Gasteiger partial charge in [-0.15, -0.1) is 0 Å². The van der Waals surface area contributed by atoms with Gasteiger partial charge >= 0.3 is 25.5 Å². The van der Waals surface area contributed by atoms with Gasteiger partial charge in [0.2, 0.25) is 5.91 Å². The van der Waals surface area contributed by atoms with Gasteiger partial charge in [-0.05, 0) is 108 Å². The quantitative estimate of drug-likeness (QED) is 0.0163. The number of methoxy groups -OCH3 is 2. The fourth-order valence-electron chi connectivity index (χ4n) is 12.3. The van der Waals surface area contributed by atoms with Crippen LogP contribution in [0.1, 0.15) is 114 Å². The molecular formula is C75H80N9O18P. The maximum atomic E-state index is 15.2. The number of imidazole rings is 1. The standard InChI is InChI=1S/C75H80N9O18P/c1-47-40-84(74(91)82-72(47)89)66-38-62(101-68(88)35-22-48(2)85)64(100-66)43-99-103(92,98-37-36-76)102-49(3)63(42-97-75(52-14-7-6-8-15-52,53-27-31-55(93-4)32-28-53)54-29-33-56(94-5)34-30-54)96-46-83-45-80-69-70(78-44-79-71(69)83)81-73(90)51-25-23-50(24-26-51)39-77-65(86)20-13-21-67(87)95-41-61-59-18-11-9-16-57(59)58-17-10-12-19-60(58)61/h6-12,14-19,23-34,40,44-45,49,61-64,66H,13,20-22,35-39,41-43,46,76H2,1-5H3,(H,77,86)(H,82,89,91)(H,78,79,81,90)/t49?,62?,63-,64-,66?,103?/m1/s1. The first-order chi connectivity index (χ1) is 49.8. The van der Waals surface area contributed by atoms with E-state index in [0.29, 0.717) is 34.6 Å². The number of hydrogen-bond donors (Lipinski definition) is 4. The summed E-state index contributed by atoms with van der Waals surface area (Å²) in [5.41, 5.74) is 11.3. The Morgan fingerprint density at radius 2 is 1.41 bits per heavy atom. The number of ether oxygens (including phenoxy) is 7. The first kappa shape index (κ1) is 73.9. The number of carbonyl (C=O) groups is 5. The maximum absolute atomic E-state index is 15.2. The summed E-state index contributed by atoms with van der Waals surface area (Å²) in [5.74, 6) is -0.945. The predicted octanol–water partition coefficient (Wildman–Crippen LogP) is 9.52. The Bertz CT molecular complexity index is 4540. The number of nitrogens with zero attached hydrogens (tertiary/aromatic N) is 5. The first-order valence-corrected chi connectivity index (χ1v) is 35.0. The molecule has 0 saturated carbocycles. The molecule has 3 aromatic heterocycles. The van der Waals surface area contributed by atoms with Crippen LogP contribution in [0.25, 0.3) is 22.3 Å². The third-order valence-corrected chi connectivity index (χ3v) is 19.3. The topological polar surface area (TPSA) is 343 Å². The summed E-state index contributed by atoms with van der Waals surface area (Å²) in [6.45, 7) is 3.09. The zero-order chi connectivity index (χ0) is 72.6. The molecule has 1 aliphatic carbocycles. The van der Waals surface area contributed by atoms with Crippen LogP contribution in [0.2, 0.25) is 0 Å². The summed E-state index contributed by atoms with van der Waals surface area (Å²) < 4.78 is 79.3. The molecule has 6 atom stereocenters. The van der Waals surface area contributed by atoms with Gasteiger partial charge in [-0.2, -0.15) is 0 Å². The van der Waals surface area contributed by atoms with Crippen molar-refractivity contribution in [2.24, 2.45) is 5.73 Å². The lowest BCUT2D eigenvalue weighted by molar-refractivity contribution is -0.154. The smallest absolute Gasteiger partial charge is 0.475 e. The molecule has 6 aromatic carbocycles. The number of rotatable bonds is 35. The number of ketones is 1. The molecule has 0 radical (unpaired) electrons. The van der Waals surface area contributed by atoms with Crippen molar-refractivity contribution in [2.75, 3.05) is 52.5 Å². The highest BCUT2D eigenvalue weighted by atomic mass is 31.2. The van der Waals surface area contributed by atoms with E-state index >= 15 is 4.57 Å². The number of esters is 2. The molecule has 103 heavy (non-hydrogen) atoms. The molecule has 11 rings (SSSR count). The monoisotopic (exact) mass is 1430 g/mol. The van der Waals surface area contributed by atoms with E-state index in [9.17, 15) is 33.6 Å². The second-order valence-electron chi connectivity index (χ2n) is 24.7. The number of phosphoric acid groups is 1. The number of aromatic nitrogens is 6. The second kappa shape index (κ2) is 34.1. The fourth-order valence-corrected chi connectivity index (χ4v) is 13.7. The number of amides is 2. The molecule has 2 aliphatic rings. The number of carbonyl (C=O) groups excluding carboxylic acids is 5. The van der Waals surface area contributed by atoms with Crippen LogP contribution >= 0.6 is 7.82 Å². The number of nitrogens with one attached hydrogen (secondary N) is 3. The summed E-state index contributed by atoms with van der Waals surface area (Å²) in [5, 5.41) is 5.71. The minimum atomic E-state index is -4.79. The highest BCUT2D eigenvalue weighted by Gasteiger charge is 2.44. The fraction of sp³-hybridized carbons (Fsp3) is 0.333. The van der Waals surface area contributed by atoms with Crippen LogP contribution in [-0.2, 0) is 79.9 Å². The number of phosphoric ester groups is 1. The summed E-state index contributed by atoms with van der Waals surface area (Å²) >= 11 is 0. The lowest BCUT2D eigenvalue weighted by atomic mass is 9.80. The number of H-pyrrole nitrogens is 1. The van der Waals surface area contributed by atoms with E-state index in [0.717, 1.165) is 32.4 Å². The summed E-state index contributed by atoms with van der Waals surface area (Å²) in [7, 11) is -1.67. The molecule has 0 bridgehead atoms. The van der Waals surface area contributed by atoms with Crippen LogP contribution < -0.4 is 37.1 Å². The van der Waals surface area contributed by atoms with Crippen molar-refractivity contribution in [1.29, 1.82) is 0 Å². The number of Topliss-reactive ketones (excluding diaryl/α,β-unsaturated/α-hetero) is 1. The van der Waals surface area contributed by atoms with Gasteiger partial charge in [-0.1, -0.05) is 115 Å². The van der Waals surface area contributed by atoms with Gasteiger partial charge in [-0.3, -0.25) is 51.7 Å². The van der Waals surface area contributed by atoms with Crippen LogP contribution in [0.5, 0.6) is 11.5 Å². The average Bonchev–Trinajstić information content (AvgIpc) is 1.60. The molecule has 9 aromatic rings. The molecule has 27 nitrogen and oxygen atoms in total. The molecular weight excluding hydrogens is 1350 g/mol. The largest absolute Gasteiger partial charge is 0.497 e. The summed E-state index contributed by atoms with van der Waals surface area (Å²) in [6, 6.07) is 47.1. The zero-order valence-corrected chi connectivity index (χ0v) is 58.3. The van der Waals surface area contributed by atoms with Gasteiger partial charge in [-0.25, -0.2) is 24.3 Å². The Labute approximate surface area is 592 Å². The molecule has 5 N–H and O–H groups in total. The van der Waals surface area contributed by atoms with Crippen LogP contribution in [0.3, 0.4) is 0 Å². The first-order valence-electron chi connectivity index (χ1n) is 33.6. The average molecular weight is 1430 g/mol. The van der Waals surface area contributed by atoms with Crippen LogP contribution in [0.4, 0.5) is 5.82 Å². The van der Waals surface area contributed by atoms with E-state index in [1.807, 2.05) is 103 Å². The molecule has 28 heteroatoms. The van der Waals surface area contributed by atoms with Crippen LogP contribution in [-0.4, -0.2) is 130 Å². The molecule has 4 unspecified atom stereocenters. The van der Waals surface area contributed by atoms with E-state index in [4.69, 9.17) is 52.5 Å². The number of hydrogen-bond acceptors (Lipinski definition) is 22. The van der Waals surface area contributed by atoms with Gasteiger partial charge in [0.05, 0.1) is 52.9 Å². The number of aromatic amines is 1. The Morgan fingerprint density at radius 1 is 0.757 bits per heavy atom. The van der Waals surface area contributed by atoms with Crippen molar-refractivity contribution in [3.8, 4) is 22.6 Å². The lowest BCUT2D eigenvalue weighted by Crippen LogP contribution is -2.40. The van der Waals surface area contributed by atoms with Crippen LogP contribution in [0.15, 0.2) is 180 Å². The summed E-state index contributed by atoms with van der Waals surface area (Å²) in [4.78, 5) is 106. The van der Waals surface area contributed by atoms with E-state index in [-0.39, 0.29) is 123 Å². The Balaban J connectivity index is 0.789. The molecule has 4 heterocycles. The van der Waals surface area contributed by atoms with Crippen molar-refractivity contribution in [2.45, 2.75) is 115 Å². The molecule has 1 fully saturated rings. The SMILES string of the molecule is COc1ccc(C(OC[C@@H](OCn2cnc3c(NC(=O)c4ccc(CNC(=O)CCCC(=O)OCC5c6ccccc6-c6ccccc65)cc4)ncnc32)C(C)OP(=O)(OCCN)OC[C@H]2OC(n3cc(C)c(=O)[nH]c3=O)CC2OC(=O)CCC(C)=O)(c2ccccc2)c2ccc(OC)cc2)cc1. The number of fused-ring (bicyclic) bond motifs is 4. The van der Waals surface area contributed by atoms with E-state index in [2.05, 4.69) is 54.8 Å². The van der Waals surface area contributed by atoms with Crippen molar-refractivity contribution < 1.29 is 75.3 Å². The van der Waals surface area contributed by atoms with Gasteiger partial charge in [0.15, 0.2) is 17.0 Å². The van der Waals surface area contributed by atoms with Crippen molar-refractivity contribution in [3.63, 3.8) is 0 Å². The molecule has 1 aliphatic heterocycles. The highest BCUT2D eigenvalue weighted by molar-refractivity contribution is 7.48. The second-order valence-corrected chi connectivity index (χ2v) is 26.3. The molecule has 0 spiro atoms. The lowest BCUT2D eigenvalue weighted by Gasteiger charge is -2.38. The third kappa shape index (κ3) is 17.9. The number of aryl methyl sites for hydroxylation is 1. The van der Waals surface area contributed by atoms with E-state index < -0.39 is 73.8 Å². The summed E-state index contributed by atoms with van der Waals surface area (Å²) in [6.07, 6.45) is -1.90. The van der Waals surface area contributed by atoms with Gasteiger partial charge in [0, 0.05) is 62.0 Å². The van der Waals surface area contributed by atoms with Crippen molar-refractivity contribution in [1.82, 2.24) is 34.4 Å². The normalized spacial score (nSPS) is 16.0. The van der Waals surface area contributed by atoms with Crippen LogP contribution in [0, 0.1) is 6.92 Å². The number of anilines is 1. The molecule has 1 saturated heterocycles. The maximum Gasteiger partial charge on any atom is 0.475 e. The van der Waals surface area contributed by atoms with Gasteiger partial charge in [0.1, 0.15) is 67.1 Å². The molecule has 2 amide bonds. The Kier molecular flexibility index (Phi) is 24.4. The molecule has 538 valence electrons.